The molecule has 0 heterocycles. The fourth-order valence-corrected chi connectivity index (χ4v) is 5.00. The quantitative estimate of drug-likeness (QED) is 0.366. The molecule has 142 valence electrons. The van der Waals surface area contributed by atoms with Gasteiger partial charge in [-0.1, -0.05) is 32.6 Å². The van der Waals surface area contributed by atoms with Gasteiger partial charge in [0.05, 0.1) is 5.92 Å². The van der Waals surface area contributed by atoms with Crippen LogP contribution in [0.15, 0.2) is 24.3 Å². The Hall–Kier alpha value is -1.64. The first-order valence-corrected chi connectivity index (χ1v) is 10.5. The highest BCUT2D eigenvalue weighted by atomic mass is 16.5. The van der Waals surface area contributed by atoms with E-state index in [2.05, 4.69) is 6.92 Å². The fraction of sp³-hybridized carbons (Fsp3) is 0.652. The van der Waals surface area contributed by atoms with Crippen LogP contribution in [0.3, 0.4) is 0 Å². The standard InChI is InChI=1S/C23H32O3/c1-2-3-17-4-8-19(9-5-17)20-10-12-21(13-11-20)23(25)26-22-14-6-18(16-24)7-15-22/h6-7,14-17,19-21H,2-5,8-13H2,1H3. The second kappa shape index (κ2) is 9.34. The lowest BCUT2D eigenvalue weighted by atomic mass is 9.69. The van der Waals surface area contributed by atoms with Gasteiger partial charge < -0.3 is 4.74 Å². The molecule has 3 nitrogen and oxygen atoms in total. The van der Waals surface area contributed by atoms with Crippen LogP contribution in [-0.4, -0.2) is 12.3 Å². The van der Waals surface area contributed by atoms with Gasteiger partial charge in [-0.05, 0) is 80.5 Å². The summed E-state index contributed by atoms with van der Waals surface area (Å²) in [6.45, 7) is 2.29. The third kappa shape index (κ3) is 4.96. The summed E-state index contributed by atoms with van der Waals surface area (Å²) in [6, 6.07) is 6.76. The third-order valence-corrected chi connectivity index (χ3v) is 6.59. The number of benzene rings is 1. The summed E-state index contributed by atoms with van der Waals surface area (Å²) in [5.74, 6) is 3.14. The summed E-state index contributed by atoms with van der Waals surface area (Å²) in [7, 11) is 0. The zero-order chi connectivity index (χ0) is 18.4. The van der Waals surface area contributed by atoms with Crippen LogP contribution in [0.4, 0.5) is 0 Å². The lowest BCUT2D eigenvalue weighted by Gasteiger charge is -2.37. The molecule has 0 spiro atoms. The maximum atomic E-state index is 12.4. The molecule has 0 atom stereocenters. The minimum atomic E-state index is -0.103. The van der Waals surface area contributed by atoms with Crippen molar-refractivity contribution in [1.82, 2.24) is 0 Å². The average Bonchev–Trinajstić information content (AvgIpc) is 2.69. The summed E-state index contributed by atoms with van der Waals surface area (Å²) >= 11 is 0. The van der Waals surface area contributed by atoms with Crippen LogP contribution in [0.2, 0.25) is 0 Å². The Balaban J connectivity index is 1.43. The molecule has 2 fully saturated rings. The van der Waals surface area contributed by atoms with E-state index in [0.717, 1.165) is 36.9 Å². The van der Waals surface area contributed by atoms with Crippen molar-refractivity contribution in [2.45, 2.75) is 71.1 Å². The number of ether oxygens (including phenoxy) is 1. The third-order valence-electron chi connectivity index (χ3n) is 6.59. The number of rotatable bonds is 6. The summed E-state index contributed by atoms with van der Waals surface area (Å²) in [4.78, 5) is 23.1. The fourth-order valence-electron chi connectivity index (χ4n) is 5.00. The second-order valence-corrected chi connectivity index (χ2v) is 8.29. The zero-order valence-corrected chi connectivity index (χ0v) is 16.0. The molecule has 1 aromatic carbocycles. The largest absolute Gasteiger partial charge is 0.426 e. The SMILES string of the molecule is CCCC1CCC(C2CCC(C(=O)Oc3ccc(C=O)cc3)CC2)CC1. The maximum Gasteiger partial charge on any atom is 0.314 e. The van der Waals surface area contributed by atoms with Crippen molar-refractivity contribution in [1.29, 1.82) is 0 Å². The lowest BCUT2D eigenvalue weighted by Crippen LogP contribution is -2.30. The molecule has 2 saturated carbocycles. The van der Waals surface area contributed by atoms with E-state index in [1.165, 1.54) is 51.4 Å². The first kappa shape index (κ1) is 19.1. The van der Waals surface area contributed by atoms with Crippen LogP contribution in [0.25, 0.3) is 0 Å². The van der Waals surface area contributed by atoms with Crippen molar-refractivity contribution in [2.24, 2.45) is 23.7 Å². The van der Waals surface area contributed by atoms with Crippen LogP contribution in [0.5, 0.6) is 5.75 Å². The molecule has 26 heavy (non-hydrogen) atoms. The van der Waals surface area contributed by atoms with E-state index in [-0.39, 0.29) is 11.9 Å². The monoisotopic (exact) mass is 356 g/mol. The Morgan fingerprint density at radius 2 is 1.54 bits per heavy atom. The molecule has 2 aliphatic rings. The van der Waals surface area contributed by atoms with Gasteiger partial charge >= 0.3 is 5.97 Å². The highest BCUT2D eigenvalue weighted by molar-refractivity contribution is 5.77. The van der Waals surface area contributed by atoms with Gasteiger partial charge in [0.15, 0.2) is 0 Å². The molecular formula is C23H32O3. The number of hydrogen-bond donors (Lipinski definition) is 0. The lowest BCUT2D eigenvalue weighted by molar-refractivity contribution is -0.140. The smallest absolute Gasteiger partial charge is 0.314 e. The van der Waals surface area contributed by atoms with Crippen molar-refractivity contribution < 1.29 is 14.3 Å². The Bertz CT molecular complexity index is 576. The highest BCUT2D eigenvalue weighted by Gasteiger charge is 2.33. The molecule has 0 saturated heterocycles. The molecule has 2 aliphatic carbocycles. The maximum absolute atomic E-state index is 12.4. The summed E-state index contributed by atoms with van der Waals surface area (Å²) in [5, 5.41) is 0. The van der Waals surface area contributed by atoms with E-state index in [4.69, 9.17) is 4.74 Å². The first-order valence-electron chi connectivity index (χ1n) is 10.5. The van der Waals surface area contributed by atoms with Gasteiger partial charge in [-0.2, -0.15) is 0 Å². The molecule has 3 heteroatoms. The van der Waals surface area contributed by atoms with Gasteiger partial charge in [-0.3, -0.25) is 9.59 Å². The number of carbonyl (C=O) groups excluding carboxylic acids is 2. The second-order valence-electron chi connectivity index (χ2n) is 8.29. The minimum Gasteiger partial charge on any atom is -0.426 e. The number of aldehydes is 1. The topological polar surface area (TPSA) is 43.4 Å². The molecule has 0 N–H and O–H groups in total. The van der Waals surface area contributed by atoms with Crippen LogP contribution in [0, 0.1) is 23.7 Å². The summed E-state index contributed by atoms with van der Waals surface area (Å²) < 4.78 is 5.52. The molecule has 3 rings (SSSR count). The molecule has 0 radical (unpaired) electrons. The van der Waals surface area contributed by atoms with Gasteiger partial charge in [0.25, 0.3) is 0 Å². The van der Waals surface area contributed by atoms with Crippen molar-refractivity contribution in [3.63, 3.8) is 0 Å². The van der Waals surface area contributed by atoms with Crippen LogP contribution >= 0.6 is 0 Å². The van der Waals surface area contributed by atoms with E-state index >= 15 is 0 Å². The first-order chi connectivity index (χ1) is 12.7. The van der Waals surface area contributed by atoms with E-state index in [9.17, 15) is 9.59 Å². The molecule has 0 aliphatic heterocycles. The van der Waals surface area contributed by atoms with Crippen molar-refractivity contribution >= 4 is 12.3 Å². The van der Waals surface area contributed by atoms with Crippen molar-refractivity contribution in [3.05, 3.63) is 29.8 Å². The summed E-state index contributed by atoms with van der Waals surface area (Å²) in [6.07, 6.45) is 13.4. The summed E-state index contributed by atoms with van der Waals surface area (Å²) in [5.41, 5.74) is 0.596. The zero-order valence-electron chi connectivity index (χ0n) is 16.0. The predicted molar refractivity (Wildman–Crippen MR) is 103 cm³/mol. The minimum absolute atomic E-state index is 0.0356. The molecule has 0 unspecified atom stereocenters. The molecule has 0 aromatic heterocycles. The van der Waals surface area contributed by atoms with E-state index in [0.29, 0.717) is 11.3 Å². The van der Waals surface area contributed by atoms with E-state index in [1.54, 1.807) is 24.3 Å². The molecule has 0 amide bonds. The van der Waals surface area contributed by atoms with Crippen LogP contribution in [0.1, 0.15) is 81.5 Å². The Morgan fingerprint density at radius 3 is 2.08 bits per heavy atom. The average molecular weight is 357 g/mol. The Morgan fingerprint density at radius 1 is 0.962 bits per heavy atom. The van der Waals surface area contributed by atoms with Gasteiger partial charge in [0.1, 0.15) is 12.0 Å². The molecular weight excluding hydrogens is 324 g/mol. The predicted octanol–water partition coefficient (Wildman–Crippen LogP) is 5.82. The Kier molecular flexibility index (Phi) is 6.87. The van der Waals surface area contributed by atoms with Crippen molar-refractivity contribution in [3.8, 4) is 5.75 Å². The van der Waals surface area contributed by atoms with Crippen LogP contribution in [-0.2, 0) is 4.79 Å². The molecule has 0 bridgehead atoms. The normalized spacial score (nSPS) is 29.1. The van der Waals surface area contributed by atoms with Crippen LogP contribution < -0.4 is 4.74 Å². The number of carbonyl (C=O) groups is 2. The number of hydrogen-bond acceptors (Lipinski definition) is 3. The van der Waals surface area contributed by atoms with E-state index in [1.807, 2.05) is 0 Å². The van der Waals surface area contributed by atoms with Gasteiger partial charge in [-0.25, -0.2) is 0 Å². The van der Waals surface area contributed by atoms with E-state index < -0.39 is 0 Å². The Labute approximate surface area is 157 Å². The number of esters is 1. The van der Waals surface area contributed by atoms with Gasteiger partial charge in [0.2, 0.25) is 0 Å². The van der Waals surface area contributed by atoms with Gasteiger partial charge in [-0.15, -0.1) is 0 Å². The van der Waals surface area contributed by atoms with Gasteiger partial charge in [0, 0.05) is 5.56 Å². The molecule has 1 aromatic rings. The highest BCUT2D eigenvalue weighted by Crippen LogP contribution is 2.42. The van der Waals surface area contributed by atoms with Crippen molar-refractivity contribution in [2.75, 3.05) is 0 Å².